The van der Waals surface area contributed by atoms with Crippen LogP contribution in [0.2, 0.25) is 0 Å². The summed E-state index contributed by atoms with van der Waals surface area (Å²) in [5.41, 5.74) is -1.29. The molecular formula is C17H22O8. The van der Waals surface area contributed by atoms with Crippen LogP contribution in [-0.4, -0.2) is 50.3 Å². The second-order valence-corrected chi connectivity index (χ2v) is 4.95. The van der Waals surface area contributed by atoms with Gasteiger partial charge in [-0.3, -0.25) is 4.79 Å². The van der Waals surface area contributed by atoms with Crippen LogP contribution in [-0.2, 0) is 38.1 Å². The molecule has 0 aromatic heterocycles. The summed E-state index contributed by atoms with van der Waals surface area (Å²) >= 11 is 0. The fourth-order valence-corrected chi connectivity index (χ4v) is 1.44. The Hall–Kier alpha value is -2.90. The van der Waals surface area contributed by atoms with E-state index in [2.05, 4.69) is 19.7 Å². The van der Waals surface area contributed by atoms with Gasteiger partial charge in [-0.15, -0.1) is 0 Å². The van der Waals surface area contributed by atoms with Crippen molar-refractivity contribution in [1.29, 1.82) is 0 Å². The number of hydrogen-bond donors (Lipinski definition) is 0. The molecule has 0 aliphatic carbocycles. The maximum atomic E-state index is 11.4. The summed E-state index contributed by atoms with van der Waals surface area (Å²) in [6.45, 7) is 10.1. The zero-order valence-corrected chi connectivity index (χ0v) is 14.2. The fourth-order valence-electron chi connectivity index (χ4n) is 1.44. The topological polar surface area (TPSA) is 105 Å². The van der Waals surface area contributed by atoms with Crippen molar-refractivity contribution < 1.29 is 38.1 Å². The molecule has 25 heavy (non-hydrogen) atoms. The van der Waals surface area contributed by atoms with Crippen LogP contribution in [0.15, 0.2) is 38.0 Å². The smallest absolute Gasteiger partial charge is 0.330 e. The van der Waals surface area contributed by atoms with Crippen LogP contribution < -0.4 is 0 Å². The Morgan fingerprint density at radius 3 is 1.32 bits per heavy atom. The summed E-state index contributed by atoms with van der Waals surface area (Å²) in [5.74, 6) is -2.74. The number of ether oxygens (including phenoxy) is 4. The van der Waals surface area contributed by atoms with E-state index in [4.69, 9.17) is 18.9 Å². The molecule has 0 unspecified atom stereocenters. The highest BCUT2D eigenvalue weighted by Gasteiger charge is 2.37. The van der Waals surface area contributed by atoms with Crippen LogP contribution in [0.4, 0.5) is 0 Å². The molecule has 0 atom stereocenters. The molecule has 0 fully saturated rings. The molecule has 0 bridgehead atoms. The molecule has 0 N–H and O–H groups in total. The van der Waals surface area contributed by atoms with Crippen LogP contribution in [0, 0.1) is 5.41 Å². The van der Waals surface area contributed by atoms with Gasteiger partial charge in [0.1, 0.15) is 31.8 Å². The maximum Gasteiger partial charge on any atom is 0.330 e. The molecule has 0 aliphatic heterocycles. The summed E-state index contributed by atoms with van der Waals surface area (Å²) in [6, 6.07) is 0. The van der Waals surface area contributed by atoms with Crippen molar-refractivity contribution in [3.8, 4) is 0 Å². The first-order valence-corrected chi connectivity index (χ1v) is 7.35. The van der Waals surface area contributed by atoms with Gasteiger partial charge < -0.3 is 18.9 Å². The van der Waals surface area contributed by atoms with Crippen molar-refractivity contribution in [2.45, 2.75) is 13.3 Å². The third-order valence-corrected chi connectivity index (χ3v) is 2.89. The number of carbonyl (C=O) groups is 4. The zero-order valence-electron chi connectivity index (χ0n) is 14.2. The van der Waals surface area contributed by atoms with Gasteiger partial charge in [0, 0.05) is 24.6 Å². The Morgan fingerprint density at radius 2 is 1.04 bits per heavy atom. The molecule has 8 heteroatoms. The summed E-state index contributed by atoms with van der Waals surface area (Å²) in [5, 5.41) is 0. The van der Waals surface area contributed by atoms with Gasteiger partial charge in [0.05, 0.1) is 0 Å². The second kappa shape index (κ2) is 11.6. The van der Waals surface area contributed by atoms with Crippen LogP contribution in [0.3, 0.4) is 0 Å². The number of esters is 4. The van der Waals surface area contributed by atoms with Gasteiger partial charge in [-0.25, -0.2) is 14.4 Å². The highest BCUT2D eigenvalue weighted by molar-refractivity contribution is 5.82. The monoisotopic (exact) mass is 354 g/mol. The Kier molecular flexibility index (Phi) is 10.3. The lowest BCUT2D eigenvalue weighted by atomic mass is 9.92. The average molecular weight is 354 g/mol. The third-order valence-electron chi connectivity index (χ3n) is 2.89. The van der Waals surface area contributed by atoms with E-state index in [1.807, 2.05) is 0 Å². The largest absolute Gasteiger partial charge is 0.465 e. The average Bonchev–Trinajstić information content (AvgIpc) is 2.65. The van der Waals surface area contributed by atoms with E-state index < -0.39 is 29.3 Å². The molecule has 0 spiro atoms. The number of hydrogen-bond acceptors (Lipinski definition) is 8. The van der Waals surface area contributed by atoms with Crippen molar-refractivity contribution in [3.63, 3.8) is 0 Å². The van der Waals surface area contributed by atoms with Crippen LogP contribution >= 0.6 is 0 Å². The van der Waals surface area contributed by atoms with Gasteiger partial charge in [0.2, 0.25) is 0 Å². The Bertz CT molecular complexity index is 475. The van der Waals surface area contributed by atoms with E-state index in [9.17, 15) is 19.2 Å². The van der Waals surface area contributed by atoms with E-state index in [0.717, 1.165) is 18.2 Å². The van der Waals surface area contributed by atoms with Gasteiger partial charge in [0.25, 0.3) is 0 Å². The molecule has 0 heterocycles. The van der Waals surface area contributed by atoms with Crippen LogP contribution in [0.5, 0.6) is 0 Å². The van der Waals surface area contributed by atoms with Gasteiger partial charge in [-0.05, 0) is 0 Å². The molecule has 0 saturated carbocycles. The van der Waals surface area contributed by atoms with Crippen molar-refractivity contribution in [3.05, 3.63) is 38.0 Å². The van der Waals surface area contributed by atoms with Gasteiger partial charge >= 0.3 is 23.9 Å². The maximum absolute atomic E-state index is 11.4. The standard InChI is InChI=1S/C17H22O8/c1-5-13(18)22-9-17(10-23-14(19)6-2,11-24-15(20)7-3)12-25-16(21)8-4/h5-7H,1-3,8-12H2,4H3. The van der Waals surface area contributed by atoms with Crippen molar-refractivity contribution in [2.24, 2.45) is 5.41 Å². The molecule has 0 amide bonds. The first-order valence-electron chi connectivity index (χ1n) is 7.35. The first kappa shape index (κ1) is 22.1. The Morgan fingerprint density at radius 1 is 0.720 bits per heavy atom. The lowest BCUT2D eigenvalue weighted by Gasteiger charge is -2.31. The quantitative estimate of drug-likeness (QED) is 0.292. The predicted molar refractivity (Wildman–Crippen MR) is 87.2 cm³/mol. The van der Waals surface area contributed by atoms with Gasteiger partial charge in [-0.1, -0.05) is 26.7 Å². The van der Waals surface area contributed by atoms with Crippen molar-refractivity contribution >= 4 is 23.9 Å². The molecule has 0 aromatic carbocycles. The van der Waals surface area contributed by atoms with E-state index in [-0.39, 0.29) is 32.8 Å². The Labute approximate surface area is 146 Å². The van der Waals surface area contributed by atoms with E-state index in [1.165, 1.54) is 0 Å². The lowest BCUT2D eigenvalue weighted by Crippen LogP contribution is -2.43. The first-order chi connectivity index (χ1) is 11.8. The molecule has 0 radical (unpaired) electrons. The Balaban J connectivity index is 5.33. The molecular weight excluding hydrogens is 332 g/mol. The molecule has 138 valence electrons. The molecule has 0 rings (SSSR count). The highest BCUT2D eigenvalue weighted by Crippen LogP contribution is 2.21. The highest BCUT2D eigenvalue weighted by atomic mass is 16.6. The molecule has 0 aromatic rings. The fraction of sp³-hybridized carbons (Fsp3) is 0.412. The minimum absolute atomic E-state index is 0.113. The minimum Gasteiger partial charge on any atom is -0.465 e. The van der Waals surface area contributed by atoms with Gasteiger partial charge in [0.15, 0.2) is 0 Å². The van der Waals surface area contributed by atoms with E-state index >= 15 is 0 Å². The van der Waals surface area contributed by atoms with Crippen LogP contribution in [0.1, 0.15) is 13.3 Å². The summed E-state index contributed by atoms with van der Waals surface area (Å²) < 4.78 is 20.0. The van der Waals surface area contributed by atoms with Crippen molar-refractivity contribution in [1.82, 2.24) is 0 Å². The van der Waals surface area contributed by atoms with Crippen molar-refractivity contribution in [2.75, 3.05) is 26.4 Å². The summed E-state index contributed by atoms with van der Waals surface area (Å²) in [7, 11) is 0. The lowest BCUT2D eigenvalue weighted by molar-refractivity contribution is -0.165. The van der Waals surface area contributed by atoms with E-state index in [0.29, 0.717) is 0 Å². The third kappa shape index (κ3) is 9.09. The predicted octanol–water partition coefficient (Wildman–Crippen LogP) is 1.11. The number of carbonyl (C=O) groups excluding carboxylic acids is 4. The second-order valence-electron chi connectivity index (χ2n) is 4.95. The van der Waals surface area contributed by atoms with Crippen LogP contribution in [0.25, 0.3) is 0 Å². The SMILES string of the molecule is C=CC(=O)OCC(COC(=O)C=C)(COC(=O)C=C)COC(=O)CC. The number of rotatable bonds is 12. The minimum atomic E-state index is -1.29. The molecule has 0 aliphatic rings. The van der Waals surface area contributed by atoms with Gasteiger partial charge in [-0.2, -0.15) is 0 Å². The normalized spacial score (nSPS) is 10.1. The summed E-state index contributed by atoms with van der Waals surface area (Å²) in [6.07, 6.45) is 2.93. The zero-order chi connectivity index (χ0) is 19.3. The molecule has 8 nitrogen and oxygen atoms in total. The van der Waals surface area contributed by atoms with E-state index in [1.54, 1.807) is 6.92 Å². The molecule has 0 saturated heterocycles. The summed E-state index contributed by atoms with van der Waals surface area (Å²) in [4.78, 5) is 45.5.